The van der Waals surface area contributed by atoms with Gasteiger partial charge in [-0.15, -0.1) is 0 Å². The fourth-order valence-corrected chi connectivity index (χ4v) is 3.91. The van der Waals surface area contributed by atoms with E-state index in [9.17, 15) is 15.4 Å². The number of benzene rings is 2. The largest absolute Gasteiger partial charge is 0.454 e. The van der Waals surface area contributed by atoms with Crippen LogP contribution in [0.4, 0.5) is 5.69 Å². The summed E-state index contributed by atoms with van der Waals surface area (Å²) in [6.45, 7) is 0.735. The average Bonchev–Trinajstić information content (AvgIpc) is 3.19. The average molecular weight is 386 g/mol. The molecule has 1 aromatic heterocycles. The Morgan fingerprint density at radius 2 is 1.93 bits per heavy atom. The number of nitro groups is 1. The second-order valence-electron chi connectivity index (χ2n) is 6.85. The molecule has 0 atom stereocenters. The van der Waals surface area contributed by atoms with Crippen LogP contribution in [0.1, 0.15) is 11.1 Å². The summed E-state index contributed by atoms with van der Waals surface area (Å²) in [6.07, 6.45) is 0.705. The first-order valence-corrected chi connectivity index (χ1v) is 8.97. The zero-order valence-electron chi connectivity index (χ0n) is 15.1. The quantitative estimate of drug-likeness (QED) is 0.536. The molecule has 0 unspecified atom stereocenters. The van der Waals surface area contributed by atoms with Gasteiger partial charge < -0.3 is 14.0 Å². The zero-order valence-corrected chi connectivity index (χ0v) is 15.1. The highest BCUT2D eigenvalue weighted by Crippen LogP contribution is 2.41. The van der Waals surface area contributed by atoms with Crippen molar-refractivity contribution in [3.63, 3.8) is 0 Å². The minimum Gasteiger partial charge on any atom is -0.454 e. The first kappa shape index (κ1) is 17.0. The molecule has 2 aliphatic heterocycles. The molecule has 3 heterocycles. The molecule has 0 bridgehead atoms. The minimum absolute atomic E-state index is 0.0629. The summed E-state index contributed by atoms with van der Waals surface area (Å²) in [5.74, 6) is 1.35. The van der Waals surface area contributed by atoms with Gasteiger partial charge in [-0.2, -0.15) is 5.26 Å². The van der Waals surface area contributed by atoms with Crippen LogP contribution in [0.15, 0.2) is 42.5 Å². The smallest absolute Gasteiger partial charge is 0.270 e. The van der Waals surface area contributed by atoms with E-state index < -0.39 is 4.92 Å². The van der Waals surface area contributed by atoms with E-state index in [2.05, 4.69) is 6.07 Å². The van der Waals surface area contributed by atoms with Gasteiger partial charge in [-0.25, -0.2) is 0 Å². The van der Waals surface area contributed by atoms with Crippen molar-refractivity contribution in [2.24, 2.45) is 0 Å². The molecule has 29 heavy (non-hydrogen) atoms. The van der Waals surface area contributed by atoms with Gasteiger partial charge >= 0.3 is 0 Å². The molecule has 0 saturated carbocycles. The number of non-ortho nitro benzene ring substituents is 1. The summed E-state index contributed by atoms with van der Waals surface area (Å²) in [7, 11) is 0. The van der Waals surface area contributed by atoms with Gasteiger partial charge in [0.05, 0.1) is 10.6 Å². The first-order valence-electron chi connectivity index (χ1n) is 8.97. The van der Waals surface area contributed by atoms with Crippen molar-refractivity contribution in [3.8, 4) is 40.0 Å². The highest BCUT2D eigenvalue weighted by Gasteiger charge is 2.25. The van der Waals surface area contributed by atoms with Crippen molar-refractivity contribution in [2.75, 3.05) is 6.79 Å². The van der Waals surface area contributed by atoms with E-state index in [1.165, 1.54) is 12.1 Å². The Bertz CT molecular complexity index is 1300. The number of nitrogens with one attached hydrogen (secondary N) is 1. The van der Waals surface area contributed by atoms with Crippen LogP contribution < -0.4 is 15.0 Å². The van der Waals surface area contributed by atoms with Crippen LogP contribution in [0.5, 0.6) is 11.5 Å². The number of nitro benzene ring substituents is 1. The molecule has 8 nitrogen and oxygen atoms in total. The van der Waals surface area contributed by atoms with Crippen molar-refractivity contribution in [3.05, 3.63) is 69.2 Å². The Kier molecular flexibility index (Phi) is 3.64. The lowest BCUT2D eigenvalue weighted by Crippen LogP contribution is -2.28. The van der Waals surface area contributed by atoms with E-state index >= 15 is 0 Å². The van der Waals surface area contributed by atoms with Gasteiger partial charge in [-0.3, -0.25) is 15.5 Å². The molecule has 5 rings (SSSR count). The van der Waals surface area contributed by atoms with E-state index in [1.807, 2.05) is 18.2 Å². The molecule has 1 N–H and O–H groups in total. The number of ether oxygens (including phenoxy) is 2. The summed E-state index contributed by atoms with van der Waals surface area (Å²) in [5.41, 5.74) is 4.00. The lowest BCUT2D eigenvalue weighted by Gasteiger charge is -2.24. The van der Waals surface area contributed by atoms with Crippen LogP contribution in [-0.4, -0.2) is 16.3 Å². The number of pyridine rings is 1. The summed E-state index contributed by atoms with van der Waals surface area (Å²) >= 11 is 0. The van der Waals surface area contributed by atoms with E-state index in [1.54, 1.807) is 16.7 Å². The molecule has 0 aliphatic carbocycles. The number of hydrogen-bond donors (Lipinski definition) is 1. The number of rotatable bonds is 2. The highest BCUT2D eigenvalue weighted by atomic mass is 16.7. The number of nitrogens with zero attached hydrogens (tertiary/aromatic N) is 3. The van der Waals surface area contributed by atoms with Gasteiger partial charge in [0, 0.05) is 29.8 Å². The van der Waals surface area contributed by atoms with Crippen LogP contribution in [0.3, 0.4) is 0 Å². The minimum atomic E-state index is -0.472. The molecular formula is C21H14N4O4. The summed E-state index contributed by atoms with van der Waals surface area (Å²) in [5, 5.41) is 29.5. The number of nitriles is 1. The maximum Gasteiger partial charge on any atom is 0.270 e. The summed E-state index contributed by atoms with van der Waals surface area (Å²) in [4.78, 5) is 10.7. The summed E-state index contributed by atoms with van der Waals surface area (Å²) in [6, 6.07) is 13.9. The van der Waals surface area contributed by atoms with Gasteiger partial charge in [-0.05, 0) is 35.7 Å². The standard InChI is InChI=1S/C21H14N4O4/c22-10-17-15(12-2-1-3-14(6-12)25(26)27)8-18-16-9-20-19(28-11-29-20)7-13(16)4-5-24(18)21(17)23/h1-3,6-9,23H,4-5,11H2. The normalized spacial score (nSPS) is 13.3. The van der Waals surface area contributed by atoms with Crippen LogP contribution >= 0.6 is 0 Å². The third-order valence-corrected chi connectivity index (χ3v) is 5.31. The monoisotopic (exact) mass is 386 g/mol. The number of aromatic nitrogens is 1. The van der Waals surface area contributed by atoms with Gasteiger partial charge in [0.25, 0.3) is 5.69 Å². The molecule has 3 aromatic rings. The lowest BCUT2D eigenvalue weighted by molar-refractivity contribution is -0.384. The molecule has 2 aliphatic rings. The Hall–Kier alpha value is -4.12. The van der Waals surface area contributed by atoms with E-state index in [0.717, 1.165) is 16.8 Å². The molecule has 2 aromatic carbocycles. The van der Waals surface area contributed by atoms with Crippen molar-refractivity contribution in [1.29, 1.82) is 10.7 Å². The maximum atomic E-state index is 11.2. The first-order chi connectivity index (χ1) is 14.1. The van der Waals surface area contributed by atoms with E-state index in [-0.39, 0.29) is 23.5 Å². The lowest BCUT2D eigenvalue weighted by atomic mass is 9.92. The van der Waals surface area contributed by atoms with Gasteiger partial charge in [-0.1, -0.05) is 12.1 Å². The fourth-order valence-electron chi connectivity index (χ4n) is 3.91. The zero-order chi connectivity index (χ0) is 20.1. The number of fused-ring (bicyclic) bond motifs is 4. The predicted octanol–water partition coefficient (Wildman–Crippen LogP) is 3.37. The molecule has 0 fully saturated rings. The van der Waals surface area contributed by atoms with E-state index in [0.29, 0.717) is 35.6 Å². The Morgan fingerprint density at radius 3 is 2.69 bits per heavy atom. The Morgan fingerprint density at radius 1 is 1.14 bits per heavy atom. The van der Waals surface area contributed by atoms with Crippen LogP contribution in [0, 0.1) is 26.9 Å². The van der Waals surface area contributed by atoms with Crippen LogP contribution in [0.25, 0.3) is 22.4 Å². The number of hydrogen-bond acceptors (Lipinski definition) is 6. The van der Waals surface area contributed by atoms with Crippen molar-refractivity contribution in [1.82, 2.24) is 4.57 Å². The Balaban J connectivity index is 1.78. The van der Waals surface area contributed by atoms with Crippen molar-refractivity contribution in [2.45, 2.75) is 13.0 Å². The molecule has 0 spiro atoms. The second-order valence-corrected chi connectivity index (χ2v) is 6.85. The molecule has 8 heteroatoms. The van der Waals surface area contributed by atoms with E-state index in [4.69, 9.17) is 14.9 Å². The van der Waals surface area contributed by atoms with Crippen molar-refractivity contribution >= 4 is 5.69 Å². The van der Waals surface area contributed by atoms with Crippen molar-refractivity contribution < 1.29 is 14.4 Å². The maximum absolute atomic E-state index is 11.2. The van der Waals surface area contributed by atoms with Gasteiger partial charge in [0.1, 0.15) is 17.1 Å². The topological polar surface area (TPSA) is 114 Å². The molecule has 0 radical (unpaired) electrons. The van der Waals surface area contributed by atoms with Gasteiger partial charge in [0.15, 0.2) is 11.5 Å². The van der Waals surface area contributed by atoms with Gasteiger partial charge in [0.2, 0.25) is 6.79 Å². The van der Waals surface area contributed by atoms with Crippen LogP contribution in [0.2, 0.25) is 0 Å². The van der Waals surface area contributed by atoms with Crippen LogP contribution in [-0.2, 0) is 13.0 Å². The Labute approximate surface area is 164 Å². The molecule has 0 saturated heterocycles. The SMILES string of the molecule is N#Cc1c(-c2cccc([N+](=O)[O-])c2)cc2n(c1=N)CCc1cc3c(cc1-2)OCO3. The molecule has 142 valence electrons. The fraction of sp³-hybridized carbons (Fsp3) is 0.143. The highest BCUT2D eigenvalue weighted by molar-refractivity contribution is 5.79. The third-order valence-electron chi connectivity index (χ3n) is 5.31. The molecular weight excluding hydrogens is 372 g/mol. The number of aryl methyl sites for hydroxylation is 1. The second kappa shape index (κ2) is 6.21. The predicted molar refractivity (Wildman–Crippen MR) is 102 cm³/mol. The summed E-state index contributed by atoms with van der Waals surface area (Å²) < 4.78 is 12.8. The molecule has 0 amide bonds. The third kappa shape index (κ3) is 2.56.